The van der Waals surface area contributed by atoms with Crippen LogP contribution in [0.25, 0.3) is 16.0 Å². The Balaban J connectivity index is 1.70. The molecule has 0 saturated carbocycles. The molecule has 1 atom stereocenters. The van der Waals surface area contributed by atoms with E-state index in [9.17, 15) is 14.7 Å². The second-order valence-corrected chi connectivity index (χ2v) is 9.01. The second kappa shape index (κ2) is 8.76. The van der Waals surface area contributed by atoms with Crippen molar-refractivity contribution < 1.29 is 19.4 Å². The summed E-state index contributed by atoms with van der Waals surface area (Å²) in [6, 6.07) is 21.0. The lowest BCUT2D eigenvalue weighted by Gasteiger charge is -2.23. The number of hydrogen-bond acceptors (Lipinski definition) is 6. The van der Waals surface area contributed by atoms with Gasteiger partial charge in [0.05, 0.1) is 28.4 Å². The maximum absolute atomic E-state index is 13.3. The normalized spacial score (nSPS) is 17.5. The Labute approximate surface area is 200 Å². The number of Topliss-reactive ketones (excluding diaryl/α,β-unsaturated/α-hetero) is 1. The summed E-state index contributed by atoms with van der Waals surface area (Å²) in [7, 11) is 0. The quantitative estimate of drug-likeness (QED) is 0.232. The van der Waals surface area contributed by atoms with Crippen molar-refractivity contribution >= 4 is 44.1 Å². The molecule has 170 valence electrons. The molecular weight excluding hydrogens is 448 g/mol. The van der Waals surface area contributed by atoms with Gasteiger partial charge in [-0.05, 0) is 49.2 Å². The van der Waals surface area contributed by atoms with Crippen LogP contribution < -0.4 is 9.64 Å². The first-order valence-corrected chi connectivity index (χ1v) is 11.8. The average molecular weight is 471 g/mol. The molecule has 0 spiro atoms. The third-order valence-electron chi connectivity index (χ3n) is 5.74. The van der Waals surface area contributed by atoms with Gasteiger partial charge in [-0.15, -0.1) is 0 Å². The summed E-state index contributed by atoms with van der Waals surface area (Å²) in [5.41, 5.74) is 3.01. The van der Waals surface area contributed by atoms with E-state index in [1.807, 2.05) is 50.2 Å². The molecule has 1 amide bonds. The number of fused-ring (bicyclic) bond motifs is 1. The van der Waals surface area contributed by atoms with Gasteiger partial charge < -0.3 is 9.84 Å². The molecule has 0 aliphatic carbocycles. The standard InChI is InChI=1S/C27H22N2O4S/c1-3-33-19-12-10-17(11-13-19)23-22(24(30)18-7-5-4-6-8-18)25(31)26(32)29(23)27-28-20-14-9-16(2)15-21(20)34-27/h4-15,23,30H,3H2,1-2H3. The summed E-state index contributed by atoms with van der Waals surface area (Å²) in [5, 5.41) is 11.6. The van der Waals surface area contributed by atoms with Crippen LogP contribution in [-0.2, 0) is 9.59 Å². The number of amides is 1. The van der Waals surface area contributed by atoms with Gasteiger partial charge in [0.25, 0.3) is 5.78 Å². The van der Waals surface area contributed by atoms with Crippen LogP contribution in [0.3, 0.4) is 0 Å². The number of thiazole rings is 1. The molecule has 1 aliphatic heterocycles. The number of aliphatic hydroxyl groups excluding tert-OH is 1. The number of aromatic nitrogens is 1. The molecular formula is C27H22N2O4S. The third kappa shape index (κ3) is 3.74. The summed E-state index contributed by atoms with van der Waals surface area (Å²) in [4.78, 5) is 32.6. The molecule has 6 nitrogen and oxygen atoms in total. The van der Waals surface area contributed by atoms with Crippen LogP contribution in [0, 0.1) is 6.92 Å². The number of carbonyl (C=O) groups is 2. The first-order chi connectivity index (χ1) is 16.5. The molecule has 7 heteroatoms. The number of rotatable bonds is 5. The van der Waals surface area contributed by atoms with Gasteiger partial charge in [0, 0.05) is 5.56 Å². The van der Waals surface area contributed by atoms with Crippen LogP contribution in [0.4, 0.5) is 5.13 Å². The Morgan fingerprint density at radius 1 is 1.06 bits per heavy atom. The number of carbonyl (C=O) groups excluding carboxylic acids is 2. The van der Waals surface area contributed by atoms with Crippen LogP contribution >= 0.6 is 11.3 Å². The lowest BCUT2D eigenvalue weighted by molar-refractivity contribution is -0.132. The van der Waals surface area contributed by atoms with Gasteiger partial charge in [-0.2, -0.15) is 0 Å². The Morgan fingerprint density at radius 2 is 1.79 bits per heavy atom. The first kappa shape index (κ1) is 21.9. The fourth-order valence-corrected chi connectivity index (χ4v) is 5.22. The third-order valence-corrected chi connectivity index (χ3v) is 6.75. The molecule has 2 heterocycles. The highest BCUT2D eigenvalue weighted by atomic mass is 32.1. The van der Waals surface area contributed by atoms with Crippen LogP contribution in [-0.4, -0.2) is 28.4 Å². The number of hydrogen-bond donors (Lipinski definition) is 1. The molecule has 1 aliphatic rings. The summed E-state index contributed by atoms with van der Waals surface area (Å²) < 4.78 is 6.47. The minimum Gasteiger partial charge on any atom is -0.507 e. The van der Waals surface area contributed by atoms with E-state index in [2.05, 4.69) is 4.98 Å². The molecule has 0 bridgehead atoms. The number of anilines is 1. The molecule has 4 aromatic rings. The molecule has 5 rings (SSSR count). The largest absolute Gasteiger partial charge is 0.507 e. The molecule has 1 fully saturated rings. The maximum Gasteiger partial charge on any atom is 0.301 e. The van der Waals surface area contributed by atoms with Crippen molar-refractivity contribution in [2.24, 2.45) is 0 Å². The van der Waals surface area contributed by atoms with Crippen LogP contribution in [0.1, 0.15) is 29.7 Å². The van der Waals surface area contributed by atoms with E-state index in [1.54, 1.807) is 36.4 Å². The zero-order valence-electron chi connectivity index (χ0n) is 18.7. The lowest BCUT2D eigenvalue weighted by Crippen LogP contribution is -2.29. The van der Waals surface area contributed by atoms with E-state index in [4.69, 9.17) is 4.74 Å². The van der Waals surface area contributed by atoms with Crippen LogP contribution in [0.2, 0.25) is 0 Å². The van der Waals surface area contributed by atoms with Crippen LogP contribution in [0.15, 0.2) is 78.4 Å². The molecule has 34 heavy (non-hydrogen) atoms. The number of nitrogens with zero attached hydrogens (tertiary/aromatic N) is 2. The molecule has 0 radical (unpaired) electrons. The van der Waals surface area contributed by atoms with E-state index < -0.39 is 17.7 Å². The van der Waals surface area contributed by atoms with Crippen molar-refractivity contribution in [1.29, 1.82) is 0 Å². The average Bonchev–Trinajstić information content (AvgIpc) is 3.37. The Hall–Kier alpha value is -3.97. The van der Waals surface area contributed by atoms with Gasteiger partial charge in [-0.25, -0.2) is 4.98 Å². The van der Waals surface area contributed by atoms with Gasteiger partial charge in [0.2, 0.25) is 0 Å². The van der Waals surface area contributed by atoms with Gasteiger partial charge in [-0.3, -0.25) is 14.5 Å². The number of aryl methyl sites for hydroxylation is 1. The minimum atomic E-state index is -0.822. The molecule has 1 saturated heterocycles. The second-order valence-electron chi connectivity index (χ2n) is 8.00. The predicted molar refractivity (Wildman–Crippen MR) is 133 cm³/mol. The van der Waals surface area contributed by atoms with E-state index in [-0.39, 0.29) is 11.3 Å². The Kier molecular flexibility index (Phi) is 5.63. The number of ketones is 1. The lowest BCUT2D eigenvalue weighted by atomic mass is 9.95. The van der Waals surface area contributed by atoms with Crippen molar-refractivity contribution in [2.75, 3.05) is 11.5 Å². The summed E-state index contributed by atoms with van der Waals surface area (Å²) >= 11 is 1.35. The van der Waals surface area contributed by atoms with Crippen LogP contribution in [0.5, 0.6) is 5.75 Å². The van der Waals surface area contributed by atoms with Crippen molar-refractivity contribution in [3.05, 3.63) is 95.1 Å². The van der Waals surface area contributed by atoms with E-state index in [0.29, 0.717) is 28.6 Å². The highest BCUT2D eigenvalue weighted by Gasteiger charge is 2.48. The first-order valence-electron chi connectivity index (χ1n) is 10.9. The zero-order valence-corrected chi connectivity index (χ0v) is 19.5. The SMILES string of the molecule is CCOc1ccc(C2C(=C(O)c3ccccc3)C(=O)C(=O)N2c2nc3ccc(C)cc3s2)cc1. The van der Waals surface area contributed by atoms with Crippen molar-refractivity contribution in [3.8, 4) is 5.75 Å². The van der Waals surface area contributed by atoms with Gasteiger partial charge >= 0.3 is 5.91 Å². The topological polar surface area (TPSA) is 79.7 Å². The highest BCUT2D eigenvalue weighted by Crippen LogP contribution is 2.44. The Morgan fingerprint density at radius 3 is 2.50 bits per heavy atom. The summed E-state index contributed by atoms with van der Waals surface area (Å²) in [6.45, 7) is 4.42. The summed E-state index contributed by atoms with van der Waals surface area (Å²) in [6.07, 6.45) is 0. The Bertz CT molecular complexity index is 1420. The number of ether oxygens (including phenoxy) is 1. The number of aliphatic hydroxyl groups is 1. The summed E-state index contributed by atoms with van der Waals surface area (Å²) in [5.74, 6) is -0.984. The van der Waals surface area contributed by atoms with Gasteiger partial charge in [0.15, 0.2) is 5.13 Å². The molecule has 3 aromatic carbocycles. The monoisotopic (exact) mass is 470 g/mol. The van der Waals surface area contributed by atoms with E-state index in [1.165, 1.54) is 16.2 Å². The molecule has 1 unspecified atom stereocenters. The van der Waals surface area contributed by atoms with Gasteiger partial charge in [-0.1, -0.05) is 59.9 Å². The zero-order chi connectivity index (χ0) is 23.8. The molecule has 1 aromatic heterocycles. The van der Waals surface area contributed by atoms with Crippen molar-refractivity contribution in [3.63, 3.8) is 0 Å². The highest BCUT2D eigenvalue weighted by molar-refractivity contribution is 7.22. The van der Waals surface area contributed by atoms with Crippen molar-refractivity contribution in [2.45, 2.75) is 19.9 Å². The maximum atomic E-state index is 13.3. The minimum absolute atomic E-state index is 0.0378. The fourth-order valence-electron chi connectivity index (χ4n) is 4.13. The fraction of sp³-hybridized carbons (Fsp3) is 0.148. The molecule has 1 N–H and O–H groups in total. The number of benzene rings is 3. The smallest absolute Gasteiger partial charge is 0.301 e. The van der Waals surface area contributed by atoms with Crippen molar-refractivity contribution in [1.82, 2.24) is 4.98 Å². The van der Waals surface area contributed by atoms with E-state index >= 15 is 0 Å². The van der Waals surface area contributed by atoms with Gasteiger partial charge in [0.1, 0.15) is 11.5 Å². The van der Waals surface area contributed by atoms with E-state index in [0.717, 1.165) is 15.8 Å². The predicted octanol–water partition coefficient (Wildman–Crippen LogP) is 5.63.